The summed E-state index contributed by atoms with van der Waals surface area (Å²) < 4.78 is 0. The zero-order valence-corrected chi connectivity index (χ0v) is 9.08. The standard InChI is InChI=1S/C12H22O2/c1-12(14,10-4-5-10)8-9-2-6-11(13)7-3-9/h9-11,13-14H,2-8H2,1H3. The summed E-state index contributed by atoms with van der Waals surface area (Å²) in [5, 5.41) is 19.6. The van der Waals surface area contributed by atoms with Crippen LogP contribution in [-0.4, -0.2) is 21.9 Å². The molecule has 2 heteroatoms. The molecule has 0 aliphatic heterocycles. The minimum atomic E-state index is -0.424. The fourth-order valence-corrected chi connectivity index (χ4v) is 2.81. The monoisotopic (exact) mass is 198 g/mol. The summed E-state index contributed by atoms with van der Waals surface area (Å²) in [4.78, 5) is 0. The van der Waals surface area contributed by atoms with Crippen molar-refractivity contribution in [2.45, 2.75) is 63.6 Å². The molecule has 0 radical (unpaired) electrons. The number of aliphatic hydroxyl groups excluding tert-OH is 1. The molecule has 14 heavy (non-hydrogen) atoms. The third-order valence-electron chi connectivity index (χ3n) is 3.98. The van der Waals surface area contributed by atoms with Crippen molar-refractivity contribution in [3.8, 4) is 0 Å². The van der Waals surface area contributed by atoms with E-state index < -0.39 is 5.60 Å². The molecule has 2 fully saturated rings. The molecule has 2 N–H and O–H groups in total. The second-order valence-corrected chi connectivity index (χ2v) is 5.51. The van der Waals surface area contributed by atoms with Crippen LogP contribution in [0.15, 0.2) is 0 Å². The van der Waals surface area contributed by atoms with Gasteiger partial charge in [0.05, 0.1) is 11.7 Å². The number of hydrogen-bond donors (Lipinski definition) is 2. The predicted octanol–water partition coefficient (Wildman–Crippen LogP) is 2.09. The van der Waals surface area contributed by atoms with Gasteiger partial charge in [0.15, 0.2) is 0 Å². The second kappa shape index (κ2) is 3.82. The zero-order chi connectivity index (χ0) is 10.2. The molecule has 82 valence electrons. The molecule has 0 bridgehead atoms. The van der Waals surface area contributed by atoms with Gasteiger partial charge >= 0.3 is 0 Å². The highest BCUT2D eigenvalue weighted by molar-refractivity contribution is 4.93. The highest BCUT2D eigenvalue weighted by atomic mass is 16.3. The molecular weight excluding hydrogens is 176 g/mol. The first-order valence-corrected chi connectivity index (χ1v) is 5.98. The Hall–Kier alpha value is -0.0800. The van der Waals surface area contributed by atoms with Crippen molar-refractivity contribution in [3.63, 3.8) is 0 Å². The SMILES string of the molecule is CC(O)(CC1CCC(O)CC1)C1CC1. The Morgan fingerprint density at radius 2 is 1.64 bits per heavy atom. The molecule has 1 unspecified atom stereocenters. The summed E-state index contributed by atoms with van der Waals surface area (Å²) in [6.45, 7) is 2.00. The van der Waals surface area contributed by atoms with Crippen LogP contribution in [0, 0.1) is 11.8 Å². The first-order chi connectivity index (χ1) is 6.58. The third kappa shape index (κ3) is 2.48. The zero-order valence-electron chi connectivity index (χ0n) is 9.08. The minimum Gasteiger partial charge on any atom is -0.393 e. The lowest BCUT2D eigenvalue weighted by Gasteiger charge is -2.32. The second-order valence-electron chi connectivity index (χ2n) is 5.51. The molecule has 0 heterocycles. The maximum Gasteiger partial charge on any atom is 0.0650 e. The molecule has 0 aromatic heterocycles. The average Bonchev–Trinajstić information content (AvgIpc) is 2.91. The fraction of sp³-hybridized carbons (Fsp3) is 1.00. The first kappa shape index (κ1) is 10.4. The van der Waals surface area contributed by atoms with E-state index in [1.807, 2.05) is 6.92 Å². The highest BCUT2D eigenvalue weighted by Crippen LogP contribution is 2.44. The lowest BCUT2D eigenvalue weighted by atomic mass is 9.79. The van der Waals surface area contributed by atoms with Crippen LogP contribution in [0.1, 0.15) is 51.9 Å². The Bertz CT molecular complexity index is 188. The fourth-order valence-electron chi connectivity index (χ4n) is 2.81. The van der Waals surface area contributed by atoms with Gasteiger partial charge in [-0.1, -0.05) is 0 Å². The molecule has 2 saturated carbocycles. The van der Waals surface area contributed by atoms with Crippen LogP contribution in [0.2, 0.25) is 0 Å². The Morgan fingerprint density at radius 3 is 2.14 bits per heavy atom. The normalized spacial score (nSPS) is 37.9. The van der Waals surface area contributed by atoms with Gasteiger partial charge in [0.1, 0.15) is 0 Å². The van der Waals surface area contributed by atoms with Crippen molar-refractivity contribution < 1.29 is 10.2 Å². The summed E-state index contributed by atoms with van der Waals surface area (Å²) in [7, 11) is 0. The molecule has 0 aromatic carbocycles. The smallest absolute Gasteiger partial charge is 0.0650 e. The average molecular weight is 198 g/mol. The third-order valence-corrected chi connectivity index (χ3v) is 3.98. The van der Waals surface area contributed by atoms with Gasteiger partial charge in [-0.3, -0.25) is 0 Å². The predicted molar refractivity (Wildman–Crippen MR) is 55.9 cm³/mol. The van der Waals surface area contributed by atoms with E-state index in [0.29, 0.717) is 11.8 Å². The van der Waals surface area contributed by atoms with E-state index in [1.54, 1.807) is 0 Å². The van der Waals surface area contributed by atoms with Crippen LogP contribution in [0.25, 0.3) is 0 Å². The van der Waals surface area contributed by atoms with E-state index in [1.165, 1.54) is 12.8 Å². The molecule has 0 saturated heterocycles. The summed E-state index contributed by atoms with van der Waals surface area (Å²) in [5.74, 6) is 1.21. The molecule has 2 nitrogen and oxygen atoms in total. The van der Waals surface area contributed by atoms with E-state index in [9.17, 15) is 10.2 Å². The Balaban J connectivity index is 1.79. The van der Waals surface area contributed by atoms with Gasteiger partial charge in [-0.2, -0.15) is 0 Å². The van der Waals surface area contributed by atoms with Gasteiger partial charge in [-0.25, -0.2) is 0 Å². The van der Waals surface area contributed by atoms with Gasteiger partial charge in [-0.15, -0.1) is 0 Å². The summed E-state index contributed by atoms with van der Waals surface area (Å²) in [6.07, 6.45) is 7.37. The molecule has 2 aliphatic carbocycles. The van der Waals surface area contributed by atoms with Crippen molar-refractivity contribution in [1.29, 1.82) is 0 Å². The molecule has 2 rings (SSSR count). The topological polar surface area (TPSA) is 40.5 Å². The van der Waals surface area contributed by atoms with Gasteiger partial charge < -0.3 is 10.2 Å². The first-order valence-electron chi connectivity index (χ1n) is 5.98. The molecule has 0 amide bonds. The lowest BCUT2D eigenvalue weighted by Crippen LogP contribution is -2.32. The number of aliphatic hydroxyl groups is 2. The van der Waals surface area contributed by atoms with E-state index in [2.05, 4.69) is 0 Å². The summed E-state index contributed by atoms with van der Waals surface area (Å²) >= 11 is 0. The van der Waals surface area contributed by atoms with Crippen LogP contribution >= 0.6 is 0 Å². The van der Waals surface area contributed by atoms with Gasteiger partial charge in [0.2, 0.25) is 0 Å². The largest absolute Gasteiger partial charge is 0.393 e. The van der Waals surface area contributed by atoms with Crippen molar-refractivity contribution >= 4 is 0 Å². The van der Waals surface area contributed by atoms with Crippen LogP contribution in [0.5, 0.6) is 0 Å². The van der Waals surface area contributed by atoms with Crippen LogP contribution in [0.3, 0.4) is 0 Å². The van der Waals surface area contributed by atoms with Crippen LogP contribution < -0.4 is 0 Å². The van der Waals surface area contributed by atoms with E-state index >= 15 is 0 Å². The summed E-state index contributed by atoms with van der Waals surface area (Å²) in [5.41, 5.74) is -0.424. The van der Waals surface area contributed by atoms with Crippen molar-refractivity contribution in [2.75, 3.05) is 0 Å². The van der Waals surface area contributed by atoms with Crippen LogP contribution in [-0.2, 0) is 0 Å². The molecule has 1 atom stereocenters. The van der Waals surface area contributed by atoms with Gasteiger partial charge in [0.25, 0.3) is 0 Å². The van der Waals surface area contributed by atoms with E-state index in [4.69, 9.17) is 0 Å². The Morgan fingerprint density at radius 1 is 1.07 bits per heavy atom. The maximum atomic E-state index is 10.2. The molecular formula is C12H22O2. The van der Waals surface area contributed by atoms with Crippen molar-refractivity contribution in [2.24, 2.45) is 11.8 Å². The minimum absolute atomic E-state index is 0.0721. The highest BCUT2D eigenvalue weighted by Gasteiger charge is 2.41. The quantitative estimate of drug-likeness (QED) is 0.729. The van der Waals surface area contributed by atoms with Crippen molar-refractivity contribution in [3.05, 3.63) is 0 Å². The Kier molecular flexibility index (Phi) is 2.85. The van der Waals surface area contributed by atoms with E-state index in [0.717, 1.165) is 32.1 Å². The van der Waals surface area contributed by atoms with E-state index in [-0.39, 0.29) is 6.10 Å². The van der Waals surface area contributed by atoms with Gasteiger partial charge in [-0.05, 0) is 63.7 Å². The number of hydrogen-bond acceptors (Lipinski definition) is 2. The molecule has 0 spiro atoms. The summed E-state index contributed by atoms with van der Waals surface area (Å²) in [6, 6.07) is 0. The Labute approximate surface area is 86.3 Å². The lowest BCUT2D eigenvalue weighted by molar-refractivity contribution is -0.00176. The van der Waals surface area contributed by atoms with Crippen molar-refractivity contribution in [1.82, 2.24) is 0 Å². The maximum absolute atomic E-state index is 10.2. The van der Waals surface area contributed by atoms with Crippen LogP contribution in [0.4, 0.5) is 0 Å². The molecule has 2 aliphatic rings. The molecule has 0 aromatic rings. The number of rotatable bonds is 3. The van der Waals surface area contributed by atoms with Gasteiger partial charge in [0, 0.05) is 0 Å².